The molecule has 0 aliphatic carbocycles. The summed E-state index contributed by atoms with van der Waals surface area (Å²) in [6, 6.07) is 1.57. The Morgan fingerprint density at radius 2 is 2.25 bits per heavy atom. The van der Waals surface area contributed by atoms with Gasteiger partial charge in [0.2, 0.25) is 0 Å². The minimum atomic E-state index is -4.44. The fourth-order valence-corrected chi connectivity index (χ4v) is 2.06. The number of ether oxygens (including phenoxy) is 1. The molecule has 5 nitrogen and oxygen atoms in total. The zero-order valence-corrected chi connectivity index (χ0v) is 10.9. The number of nitrogens with one attached hydrogen (secondary N) is 1. The van der Waals surface area contributed by atoms with Crippen LogP contribution in [0.5, 0.6) is 0 Å². The second-order valence-electron chi connectivity index (χ2n) is 4.45. The molecule has 1 atom stereocenters. The molecule has 0 spiro atoms. The van der Waals surface area contributed by atoms with Gasteiger partial charge in [-0.1, -0.05) is 0 Å². The number of aliphatic hydroxyl groups excluding tert-OH is 1. The first-order valence-electron chi connectivity index (χ1n) is 6.18. The lowest BCUT2D eigenvalue weighted by molar-refractivity contribution is -0.137. The van der Waals surface area contributed by atoms with E-state index in [-0.39, 0.29) is 30.9 Å². The highest BCUT2D eigenvalue weighted by atomic mass is 19.4. The number of anilines is 2. The van der Waals surface area contributed by atoms with Crippen molar-refractivity contribution in [3.05, 3.63) is 17.7 Å². The van der Waals surface area contributed by atoms with Crippen LogP contribution < -0.4 is 10.2 Å². The van der Waals surface area contributed by atoms with E-state index in [0.29, 0.717) is 13.2 Å². The van der Waals surface area contributed by atoms with E-state index in [0.717, 1.165) is 12.1 Å². The number of pyridine rings is 1. The van der Waals surface area contributed by atoms with Crippen LogP contribution in [0.1, 0.15) is 5.56 Å². The zero-order valence-electron chi connectivity index (χ0n) is 10.9. The maximum Gasteiger partial charge on any atom is 0.416 e. The largest absolute Gasteiger partial charge is 0.416 e. The number of nitrogens with zero attached hydrogens (tertiary/aromatic N) is 2. The van der Waals surface area contributed by atoms with Gasteiger partial charge in [-0.25, -0.2) is 4.98 Å². The van der Waals surface area contributed by atoms with Crippen LogP contribution in [0.25, 0.3) is 0 Å². The third-order valence-corrected chi connectivity index (χ3v) is 3.13. The van der Waals surface area contributed by atoms with Crippen molar-refractivity contribution in [3.63, 3.8) is 0 Å². The van der Waals surface area contributed by atoms with E-state index in [1.54, 1.807) is 4.90 Å². The van der Waals surface area contributed by atoms with Crippen LogP contribution in [0.15, 0.2) is 12.1 Å². The summed E-state index contributed by atoms with van der Waals surface area (Å²) >= 11 is 0. The van der Waals surface area contributed by atoms with Crippen molar-refractivity contribution in [3.8, 4) is 0 Å². The van der Waals surface area contributed by atoms with Crippen molar-refractivity contribution < 1.29 is 23.0 Å². The second-order valence-corrected chi connectivity index (χ2v) is 4.45. The standard InChI is InChI=1S/C12H16F3N3O2/c1-16-10-4-8(12(13,14)15)5-11(17-10)18-2-3-20-7-9(18)6-19/h4-5,9,19H,2-3,6-7H2,1H3,(H,16,17). The maximum absolute atomic E-state index is 12.9. The molecule has 1 unspecified atom stereocenters. The first-order chi connectivity index (χ1) is 9.45. The highest BCUT2D eigenvalue weighted by molar-refractivity contribution is 5.52. The summed E-state index contributed by atoms with van der Waals surface area (Å²) in [5, 5.41) is 11.9. The number of halogens is 3. The molecule has 2 heterocycles. The van der Waals surface area contributed by atoms with E-state index in [1.165, 1.54) is 7.05 Å². The smallest absolute Gasteiger partial charge is 0.394 e. The summed E-state index contributed by atoms with van der Waals surface area (Å²) in [5.41, 5.74) is -0.768. The van der Waals surface area contributed by atoms with Crippen LogP contribution in [0, 0.1) is 0 Å². The predicted molar refractivity (Wildman–Crippen MR) is 67.8 cm³/mol. The molecule has 0 bridgehead atoms. The molecule has 0 radical (unpaired) electrons. The Bertz CT molecular complexity index is 468. The zero-order chi connectivity index (χ0) is 14.8. The molecule has 1 aromatic rings. The second kappa shape index (κ2) is 5.84. The Morgan fingerprint density at radius 1 is 1.50 bits per heavy atom. The molecule has 8 heteroatoms. The first kappa shape index (κ1) is 14.9. The number of hydrogen-bond acceptors (Lipinski definition) is 5. The molecule has 0 amide bonds. The van der Waals surface area contributed by atoms with Gasteiger partial charge in [-0.15, -0.1) is 0 Å². The summed E-state index contributed by atoms with van der Waals surface area (Å²) in [6.45, 7) is 0.849. The van der Waals surface area contributed by atoms with Crippen LogP contribution in [0.3, 0.4) is 0 Å². The number of hydrogen-bond donors (Lipinski definition) is 2. The monoisotopic (exact) mass is 291 g/mol. The number of morpholine rings is 1. The lowest BCUT2D eigenvalue weighted by atomic mass is 10.2. The fraction of sp³-hybridized carbons (Fsp3) is 0.583. The van der Waals surface area contributed by atoms with E-state index in [2.05, 4.69) is 10.3 Å². The van der Waals surface area contributed by atoms with Gasteiger partial charge in [0.05, 0.1) is 31.4 Å². The highest BCUT2D eigenvalue weighted by Gasteiger charge is 2.33. The quantitative estimate of drug-likeness (QED) is 0.880. The number of aliphatic hydroxyl groups is 1. The maximum atomic E-state index is 12.9. The number of rotatable bonds is 3. The third kappa shape index (κ3) is 3.13. The van der Waals surface area contributed by atoms with Crippen molar-refractivity contribution in [2.45, 2.75) is 12.2 Å². The summed E-state index contributed by atoms with van der Waals surface area (Å²) in [4.78, 5) is 5.77. The molecule has 1 saturated heterocycles. The van der Waals surface area contributed by atoms with E-state index < -0.39 is 11.7 Å². The topological polar surface area (TPSA) is 57.6 Å². The molecule has 1 aromatic heterocycles. The average molecular weight is 291 g/mol. The minimum Gasteiger partial charge on any atom is -0.394 e. The fourth-order valence-electron chi connectivity index (χ4n) is 2.06. The molecule has 0 aromatic carbocycles. The average Bonchev–Trinajstić information content (AvgIpc) is 2.45. The lowest BCUT2D eigenvalue weighted by Crippen LogP contribution is -2.48. The predicted octanol–water partition coefficient (Wildman–Crippen LogP) is 1.34. The Hall–Kier alpha value is -1.54. The van der Waals surface area contributed by atoms with Crippen molar-refractivity contribution >= 4 is 11.6 Å². The molecule has 20 heavy (non-hydrogen) atoms. The van der Waals surface area contributed by atoms with Crippen molar-refractivity contribution in [1.82, 2.24) is 4.98 Å². The van der Waals surface area contributed by atoms with E-state index in [9.17, 15) is 18.3 Å². The SMILES string of the molecule is CNc1cc(C(F)(F)F)cc(N2CCOCC2CO)n1. The molecule has 1 aliphatic heterocycles. The normalized spacial score (nSPS) is 20.1. The van der Waals surface area contributed by atoms with Gasteiger partial charge in [-0.2, -0.15) is 13.2 Å². The van der Waals surface area contributed by atoms with Crippen molar-refractivity contribution in [2.75, 3.05) is 43.6 Å². The first-order valence-corrected chi connectivity index (χ1v) is 6.18. The van der Waals surface area contributed by atoms with Crippen LogP contribution in [0.2, 0.25) is 0 Å². The molecule has 2 N–H and O–H groups in total. The summed E-state index contributed by atoms with van der Waals surface area (Å²) < 4.78 is 43.9. The molecule has 1 fully saturated rings. The summed E-state index contributed by atoms with van der Waals surface area (Å²) in [5.74, 6) is 0.324. The molecular formula is C12H16F3N3O2. The number of aromatic nitrogens is 1. The van der Waals surface area contributed by atoms with Gasteiger partial charge in [0, 0.05) is 13.6 Å². The molecular weight excluding hydrogens is 275 g/mol. The van der Waals surface area contributed by atoms with Gasteiger partial charge in [-0.05, 0) is 12.1 Å². The Kier molecular flexibility index (Phi) is 4.34. The number of alkyl halides is 3. The van der Waals surface area contributed by atoms with Gasteiger partial charge >= 0.3 is 6.18 Å². The van der Waals surface area contributed by atoms with Gasteiger partial charge < -0.3 is 20.1 Å². The molecule has 1 aliphatic rings. The van der Waals surface area contributed by atoms with Gasteiger partial charge in [0.1, 0.15) is 11.6 Å². The van der Waals surface area contributed by atoms with E-state index in [4.69, 9.17) is 4.74 Å². The summed E-state index contributed by atoms with van der Waals surface area (Å²) in [6.07, 6.45) is -4.44. The van der Waals surface area contributed by atoms with Crippen molar-refractivity contribution in [2.24, 2.45) is 0 Å². The Labute approximate surface area is 114 Å². The molecule has 2 rings (SSSR count). The lowest BCUT2D eigenvalue weighted by Gasteiger charge is -2.35. The minimum absolute atomic E-state index is 0.137. The van der Waals surface area contributed by atoms with Gasteiger partial charge in [0.25, 0.3) is 0 Å². The molecule has 0 saturated carbocycles. The third-order valence-electron chi connectivity index (χ3n) is 3.13. The van der Waals surface area contributed by atoms with E-state index in [1.807, 2.05) is 0 Å². The van der Waals surface area contributed by atoms with E-state index >= 15 is 0 Å². The Morgan fingerprint density at radius 3 is 2.85 bits per heavy atom. The Balaban J connectivity index is 2.39. The van der Waals surface area contributed by atoms with Crippen LogP contribution in [-0.4, -0.2) is 49.5 Å². The van der Waals surface area contributed by atoms with Gasteiger partial charge in [0.15, 0.2) is 0 Å². The van der Waals surface area contributed by atoms with Crippen LogP contribution in [-0.2, 0) is 10.9 Å². The summed E-state index contributed by atoms with van der Waals surface area (Å²) in [7, 11) is 1.51. The van der Waals surface area contributed by atoms with Crippen LogP contribution in [0.4, 0.5) is 24.8 Å². The van der Waals surface area contributed by atoms with Crippen molar-refractivity contribution in [1.29, 1.82) is 0 Å². The molecule has 112 valence electrons. The van der Waals surface area contributed by atoms with Crippen LogP contribution >= 0.6 is 0 Å². The highest BCUT2D eigenvalue weighted by Crippen LogP contribution is 2.33. The van der Waals surface area contributed by atoms with Gasteiger partial charge in [-0.3, -0.25) is 0 Å².